The summed E-state index contributed by atoms with van der Waals surface area (Å²) in [6.45, 7) is 5.61. The molecule has 2 N–H and O–H groups in total. The average Bonchev–Trinajstić information content (AvgIpc) is 2.85. The van der Waals surface area contributed by atoms with E-state index in [1.54, 1.807) is 7.11 Å². The molecule has 0 aliphatic heterocycles. The first-order valence-corrected chi connectivity index (χ1v) is 13.1. The van der Waals surface area contributed by atoms with E-state index in [4.69, 9.17) is 16.3 Å². The number of amides is 2. The third-order valence-electron chi connectivity index (χ3n) is 6.55. The van der Waals surface area contributed by atoms with Crippen molar-refractivity contribution < 1.29 is 18.7 Å². The Kier molecular flexibility index (Phi) is 10.6. The maximum absolute atomic E-state index is 14.3. The van der Waals surface area contributed by atoms with E-state index < -0.39 is 11.8 Å². The molecule has 8 heteroatoms. The van der Waals surface area contributed by atoms with Crippen LogP contribution in [-0.2, 0) is 9.53 Å². The Hall–Kier alpha value is -2.64. The lowest BCUT2D eigenvalue weighted by Gasteiger charge is -2.38. The number of aldehydes is 1. The van der Waals surface area contributed by atoms with E-state index >= 15 is 0 Å². The lowest BCUT2D eigenvalue weighted by molar-refractivity contribution is -0.108. The Morgan fingerprint density at radius 3 is 2.50 bits per heavy atom. The number of hydrogen-bond donors (Lipinski definition) is 2. The molecule has 0 bridgehead atoms. The van der Waals surface area contributed by atoms with Gasteiger partial charge >= 0.3 is 6.03 Å². The van der Waals surface area contributed by atoms with E-state index in [0.29, 0.717) is 30.7 Å². The summed E-state index contributed by atoms with van der Waals surface area (Å²) in [5.74, 6) is -0.318. The van der Waals surface area contributed by atoms with Gasteiger partial charge in [0, 0.05) is 37.1 Å². The fourth-order valence-corrected chi connectivity index (χ4v) is 5.03. The van der Waals surface area contributed by atoms with Gasteiger partial charge in [-0.05, 0) is 54.7 Å². The van der Waals surface area contributed by atoms with E-state index in [9.17, 15) is 14.0 Å². The quantitative estimate of drug-likeness (QED) is 0.308. The molecule has 0 saturated heterocycles. The van der Waals surface area contributed by atoms with Crippen LogP contribution in [0, 0.1) is 11.7 Å². The first kappa shape index (κ1) is 27.9. The van der Waals surface area contributed by atoms with Gasteiger partial charge in [0.05, 0.1) is 23.7 Å². The van der Waals surface area contributed by atoms with E-state index in [0.717, 1.165) is 43.0 Å². The fourth-order valence-electron chi connectivity index (χ4n) is 4.87. The zero-order valence-electron chi connectivity index (χ0n) is 21.4. The molecule has 196 valence electrons. The van der Waals surface area contributed by atoms with Crippen molar-refractivity contribution in [2.45, 2.75) is 64.3 Å². The third-order valence-corrected chi connectivity index (χ3v) is 6.79. The third kappa shape index (κ3) is 7.68. The first-order valence-electron chi connectivity index (χ1n) is 12.7. The van der Waals surface area contributed by atoms with E-state index in [2.05, 4.69) is 29.4 Å². The van der Waals surface area contributed by atoms with Crippen molar-refractivity contribution in [3.63, 3.8) is 0 Å². The van der Waals surface area contributed by atoms with Gasteiger partial charge in [-0.3, -0.25) is 0 Å². The molecule has 6 nitrogen and oxygen atoms in total. The van der Waals surface area contributed by atoms with Gasteiger partial charge in [0.2, 0.25) is 0 Å². The highest BCUT2D eigenvalue weighted by Crippen LogP contribution is 2.36. The number of nitrogens with one attached hydrogen (secondary N) is 2. The average molecular weight is 518 g/mol. The summed E-state index contributed by atoms with van der Waals surface area (Å²) >= 11 is 5.84. The van der Waals surface area contributed by atoms with Crippen molar-refractivity contribution in [1.82, 2.24) is 0 Å². The zero-order valence-corrected chi connectivity index (χ0v) is 22.1. The van der Waals surface area contributed by atoms with Crippen LogP contribution in [0.1, 0.15) is 63.9 Å². The van der Waals surface area contributed by atoms with Crippen molar-refractivity contribution in [1.29, 1.82) is 0 Å². The van der Waals surface area contributed by atoms with Gasteiger partial charge < -0.3 is 25.1 Å². The van der Waals surface area contributed by atoms with E-state index in [1.807, 2.05) is 18.2 Å². The summed E-state index contributed by atoms with van der Waals surface area (Å²) in [7, 11) is 1.60. The maximum atomic E-state index is 14.3. The summed E-state index contributed by atoms with van der Waals surface area (Å²) < 4.78 is 19.6. The van der Waals surface area contributed by atoms with Gasteiger partial charge in [-0.25, -0.2) is 9.18 Å². The largest absolute Gasteiger partial charge is 0.384 e. The molecule has 1 atom stereocenters. The Morgan fingerprint density at radius 2 is 1.86 bits per heavy atom. The van der Waals surface area contributed by atoms with Gasteiger partial charge in [-0.2, -0.15) is 0 Å². The smallest absolute Gasteiger partial charge is 0.323 e. The Labute approximate surface area is 218 Å². The van der Waals surface area contributed by atoms with E-state index in [-0.39, 0.29) is 16.6 Å². The molecule has 36 heavy (non-hydrogen) atoms. The molecule has 0 spiro atoms. The SMILES string of the molecule is COCC(CC=O)c1ccc(N(CC(C)C)C2CCCCC2)c(NC(=O)Nc2ccc(Cl)cc2F)c1. The molecule has 2 aromatic rings. The predicted octanol–water partition coefficient (Wildman–Crippen LogP) is 7.24. The summed E-state index contributed by atoms with van der Waals surface area (Å²) in [6, 6.07) is 9.89. The molecule has 0 aromatic heterocycles. The second kappa shape index (κ2) is 13.6. The van der Waals surface area contributed by atoms with Crippen LogP contribution >= 0.6 is 11.6 Å². The number of carbonyl (C=O) groups excluding carboxylic acids is 2. The molecule has 0 radical (unpaired) electrons. The Bertz CT molecular complexity index is 1030. The molecule has 1 unspecified atom stereocenters. The van der Waals surface area contributed by atoms with Crippen LogP contribution in [0.2, 0.25) is 5.02 Å². The number of benzene rings is 2. The second-order valence-corrected chi connectivity index (χ2v) is 10.3. The lowest BCUT2D eigenvalue weighted by Crippen LogP contribution is -2.40. The van der Waals surface area contributed by atoms with Crippen molar-refractivity contribution in [3.05, 3.63) is 52.8 Å². The number of urea groups is 1. The molecule has 2 aromatic carbocycles. The molecule has 3 rings (SSSR count). The molecule has 1 saturated carbocycles. The molecule has 1 fully saturated rings. The standard InChI is InChI=1S/C28H37ClFN3O3/c1-19(2)17-33(23-7-5-4-6-8-23)27-12-9-20(21(13-14-34)18-36-3)15-26(27)32-28(35)31-25-11-10-22(29)16-24(25)30/h9-12,14-16,19,21,23H,4-8,13,17-18H2,1-3H3,(H2,31,32,35). The predicted molar refractivity (Wildman–Crippen MR) is 145 cm³/mol. The molecular formula is C28H37ClFN3O3. The molecule has 0 heterocycles. The van der Waals surface area contributed by atoms with Gasteiger partial charge in [-0.15, -0.1) is 0 Å². The fraction of sp³-hybridized carbons (Fsp3) is 0.500. The highest BCUT2D eigenvalue weighted by Gasteiger charge is 2.26. The van der Waals surface area contributed by atoms with Crippen LogP contribution in [0.3, 0.4) is 0 Å². The first-order chi connectivity index (χ1) is 17.3. The summed E-state index contributed by atoms with van der Waals surface area (Å²) in [6.07, 6.45) is 7.02. The van der Waals surface area contributed by atoms with Crippen LogP contribution in [-0.4, -0.2) is 38.6 Å². The Balaban J connectivity index is 1.97. The maximum Gasteiger partial charge on any atom is 0.323 e. The second-order valence-electron chi connectivity index (χ2n) is 9.87. The monoisotopic (exact) mass is 517 g/mol. The summed E-state index contributed by atoms with van der Waals surface area (Å²) in [5.41, 5.74) is 2.49. The van der Waals surface area contributed by atoms with Crippen molar-refractivity contribution in [2.24, 2.45) is 5.92 Å². The highest BCUT2D eigenvalue weighted by atomic mass is 35.5. The molecule has 1 aliphatic carbocycles. The number of hydrogen-bond acceptors (Lipinski definition) is 4. The number of nitrogens with zero attached hydrogens (tertiary/aromatic N) is 1. The van der Waals surface area contributed by atoms with E-state index in [1.165, 1.54) is 31.4 Å². The van der Waals surface area contributed by atoms with Crippen molar-refractivity contribution in [3.8, 4) is 0 Å². The zero-order chi connectivity index (χ0) is 26.1. The lowest BCUT2D eigenvalue weighted by atomic mass is 9.92. The van der Waals surface area contributed by atoms with Crippen LogP contribution in [0.4, 0.5) is 26.2 Å². The minimum atomic E-state index is -0.610. The van der Waals surface area contributed by atoms with Crippen LogP contribution in [0.5, 0.6) is 0 Å². The summed E-state index contributed by atoms with van der Waals surface area (Å²) in [4.78, 5) is 26.7. The number of carbonyl (C=O) groups is 2. The van der Waals surface area contributed by atoms with Crippen molar-refractivity contribution >= 4 is 41.0 Å². The van der Waals surface area contributed by atoms with Crippen molar-refractivity contribution in [2.75, 3.05) is 35.8 Å². The van der Waals surface area contributed by atoms with Crippen LogP contribution in [0.15, 0.2) is 36.4 Å². The Morgan fingerprint density at radius 1 is 1.14 bits per heavy atom. The summed E-state index contributed by atoms with van der Waals surface area (Å²) in [5, 5.41) is 5.80. The van der Waals surface area contributed by atoms with Gasteiger partial charge in [0.1, 0.15) is 12.1 Å². The minimum absolute atomic E-state index is 0.0409. The number of halogens is 2. The van der Waals surface area contributed by atoms with Crippen LogP contribution < -0.4 is 15.5 Å². The van der Waals surface area contributed by atoms with Gasteiger partial charge in [0.25, 0.3) is 0 Å². The molecular weight excluding hydrogens is 481 g/mol. The molecule has 1 aliphatic rings. The number of ether oxygens (including phenoxy) is 1. The normalized spacial score (nSPS) is 14.9. The van der Waals surface area contributed by atoms with Gasteiger partial charge in [0.15, 0.2) is 0 Å². The van der Waals surface area contributed by atoms with Crippen LogP contribution in [0.25, 0.3) is 0 Å². The minimum Gasteiger partial charge on any atom is -0.384 e. The number of anilines is 3. The highest BCUT2D eigenvalue weighted by molar-refractivity contribution is 6.30. The molecule has 2 amide bonds. The van der Waals surface area contributed by atoms with Gasteiger partial charge in [-0.1, -0.05) is 50.8 Å². The number of rotatable bonds is 11. The number of methoxy groups -OCH3 is 1. The topological polar surface area (TPSA) is 70.7 Å².